The predicted octanol–water partition coefficient (Wildman–Crippen LogP) is 3.14. The van der Waals surface area contributed by atoms with Crippen LogP contribution in [-0.2, 0) is 6.54 Å². The van der Waals surface area contributed by atoms with Gasteiger partial charge in [-0.05, 0) is 41.9 Å². The number of hydrogen-bond donors (Lipinski definition) is 0. The lowest BCUT2D eigenvalue weighted by molar-refractivity contribution is 0.126. The molecule has 3 aromatic heterocycles. The molecule has 0 unspecified atom stereocenters. The molecule has 0 spiro atoms. The van der Waals surface area contributed by atoms with E-state index in [9.17, 15) is 8.78 Å². The monoisotopic (exact) mass is 382 g/mol. The summed E-state index contributed by atoms with van der Waals surface area (Å²) in [5.74, 6) is 1.59. The number of aromatic nitrogens is 6. The Labute approximate surface area is 139 Å². The summed E-state index contributed by atoms with van der Waals surface area (Å²) in [6.45, 7) is 3.32. The molecule has 0 aliphatic rings. The summed E-state index contributed by atoms with van der Waals surface area (Å²) in [5, 5.41) is 4.34. The van der Waals surface area contributed by atoms with Crippen LogP contribution in [-0.4, -0.2) is 35.6 Å². The Kier molecular flexibility index (Phi) is 4.20. The highest BCUT2D eigenvalue weighted by Crippen LogP contribution is 2.15. The van der Waals surface area contributed by atoms with Gasteiger partial charge in [0.05, 0.1) is 6.54 Å². The highest BCUT2D eigenvalue weighted by molar-refractivity contribution is 9.10. The van der Waals surface area contributed by atoms with E-state index in [4.69, 9.17) is 0 Å². The van der Waals surface area contributed by atoms with Gasteiger partial charge >= 0.3 is 0 Å². The maximum Gasteiger partial charge on any atom is 0.256 e. The molecular formula is C14H13BrF2N6. The van der Waals surface area contributed by atoms with E-state index in [1.807, 2.05) is 13.8 Å². The third kappa shape index (κ3) is 3.29. The molecule has 0 atom stereocenters. The molecule has 0 saturated heterocycles. The van der Waals surface area contributed by atoms with Gasteiger partial charge in [-0.15, -0.1) is 5.10 Å². The van der Waals surface area contributed by atoms with Crippen LogP contribution in [0.25, 0.3) is 17.8 Å². The zero-order chi connectivity index (χ0) is 16.6. The van der Waals surface area contributed by atoms with Crippen molar-refractivity contribution < 1.29 is 8.78 Å². The van der Waals surface area contributed by atoms with E-state index in [1.165, 1.54) is 10.8 Å². The van der Waals surface area contributed by atoms with Crippen molar-refractivity contribution in [2.24, 2.45) is 0 Å². The summed E-state index contributed by atoms with van der Waals surface area (Å²) >= 11 is 3.19. The number of fused-ring (bicyclic) bond motifs is 1. The Bertz CT molecular complexity index is 844. The Hall–Kier alpha value is -2.16. The summed E-state index contributed by atoms with van der Waals surface area (Å²) in [6, 6.07) is 0. The molecule has 0 bridgehead atoms. The molecule has 23 heavy (non-hydrogen) atoms. The van der Waals surface area contributed by atoms with E-state index < -0.39 is 13.0 Å². The van der Waals surface area contributed by atoms with Crippen LogP contribution in [0.1, 0.15) is 23.0 Å². The molecule has 0 fully saturated rings. The summed E-state index contributed by atoms with van der Waals surface area (Å²) in [6.07, 6.45) is 4.05. The lowest BCUT2D eigenvalue weighted by Gasteiger charge is -2.02. The Morgan fingerprint density at radius 1 is 1.26 bits per heavy atom. The first-order chi connectivity index (χ1) is 10.9. The molecule has 9 heteroatoms. The molecule has 0 aliphatic heterocycles. The average molecular weight is 383 g/mol. The van der Waals surface area contributed by atoms with Crippen molar-refractivity contribution in [2.75, 3.05) is 0 Å². The maximum atomic E-state index is 12.6. The highest BCUT2D eigenvalue weighted by Gasteiger charge is 2.10. The minimum atomic E-state index is -2.45. The minimum absolute atomic E-state index is 0.405. The van der Waals surface area contributed by atoms with Crippen molar-refractivity contribution in [3.05, 3.63) is 40.0 Å². The van der Waals surface area contributed by atoms with Gasteiger partial charge in [0.2, 0.25) is 0 Å². The molecule has 6 nitrogen and oxygen atoms in total. The fraction of sp³-hybridized carbons (Fsp3) is 0.286. The number of aryl methyl sites for hydroxylation is 2. The number of nitrogens with zero attached hydrogens (tertiary/aromatic N) is 6. The quantitative estimate of drug-likeness (QED) is 0.695. The summed E-state index contributed by atoms with van der Waals surface area (Å²) in [4.78, 5) is 12.8. The molecule has 0 radical (unpaired) electrons. The first-order valence-electron chi connectivity index (χ1n) is 6.82. The zero-order valence-corrected chi connectivity index (χ0v) is 14.0. The Balaban J connectivity index is 1.94. The largest absolute Gasteiger partial charge is 0.325 e. The fourth-order valence-corrected chi connectivity index (χ4v) is 2.59. The molecule has 0 N–H and O–H groups in total. The topological polar surface area (TPSA) is 60.9 Å². The van der Waals surface area contributed by atoms with Gasteiger partial charge in [-0.1, -0.05) is 0 Å². The van der Waals surface area contributed by atoms with Crippen LogP contribution in [0.15, 0.2) is 17.0 Å². The van der Waals surface area contributed by atoms with Gasteiger partial charge < -0.3 is 4.57 Å². The van der Waals surface area contributed by atoms with E-state index in [2.05, 4.69) is 36.0 Å². The van der Waals surface area contributed by atoms with Gasteiger partial charge in [0.15, 0.2) is 11.5 Å². The average Bonchev–Trinajstić information content (AvgIpc) is 3.05. The Morgan fingerprint density at radius 2 is 2.04 bits per heavy atom. The molecule has 0 aromatic carbocycles. The molecule has 0 aliphatic carbocycles. The van der Waals surface area contributed by atoms with E-state index in [0.717, 1.165) is 11.4 Å². The summed E-state index contributed by atoms with van der Waals surface area (Å²) < 4.78 is 28.7. The van der Waals surface area contributed by atoms with Gasteiger partial charge in [-0.3, -0.25) is 0 Å². The SMILES string of the molecule is Cc1cnc(C)n2nc(C=Cc3nc(Br)cn3CC(F)F)nc12. The van der Waals surface area contributed by atoms with Crippen molar-refractivity contribution in [2.45, 2.75) is 26.8 Å². The predicted molar refractivity (Wildman–Crippen MR) is 85.1 cm³/mol. The second-order valence-corrected chi connectivity index (χ2v) is 5.80. The van der Waals surface area contributed by atoms with Crippen molar-refractivity contribution in [1.29, 1.82) is 0 Å². The second kappa shape index (κ2) is 6.15. The first-order valence-corrected chi connectivity index (χ1v) is 7.61. The van der Waals surface area contributed by atoms with Crippen LogP contribution in [0, 0.1) is 13.8 Å². The smallest absolute Gasteiger partial charge is 0.256 e. The van der Waals surface area contributed by atoms with Gasteiger partial charge in [-0.25, -0.2) is 23.7 Å². The Morgan fingerprint density at radius 3 is 2.74 bits per heavy atom. The van der Waals surface area contributed by atoms with Gasteiger partial charge in [0.25, 0.3) is 6.43 Å². The molecule has 0 amide bonds. The molecule has 3 rings (SSSR count). The fourth-order valence-electron chi connectivity index (χ4n) is 2.16. The van der Waals surface area contributed by atoms with Gasteiger partial charge in [-0.2, -0.15) is 4.52 Å². The molecule has 3 aromatic rings. The third-order valence-corrected chi connectivity index (χ3v) is 3.60. The van der Waals surface area contributed by atoms with Crippen molar-refractivity contribution in [3.63, 3.8) is 0 Å². The van der Waals surface area contributed by atoms with E-state index >= 15 is 0 Å². The maximum absolute atomic E-state index is 12.6. The molecule has 0 saturated carbocycles. The summed E-state index contributed by atoms with van der Waals surface area (Å²) in [5.41, 5.74) is 1.62. The number of alkyl halides is 2. The first kappa shape index (κ1) is 15.7. The molecule has 120 valence electrons. The molecule has 3 heterocycles. The standard InChI is InChI=1S/C14H13BrF2N6/c1-8-5-18-9(2)23-14(8)20-12(21-23)3-4-13-19-10(15)6-22(13)7-11(16)17/h3-6,11H,7H2,1-2H3. The van der Waals surface area contributed by atoms with Crippen LogP contribution in [0.4, 0.5) is 8.78 Å². The van der Waals surface area contributed by atoms with E-state index in [-0.39, 0.29) is 0 Å². The second-order valence-electron chi connectivity index (χ2n) is 4.99. The van der Waals surface area contributed by atoms with E-state index in [1.54, 1.807) is 22.9 Å². The van der Waals surface area contributed by atoms with Crippen LogP contribution in [0.5, 0.6) is 0 Å². The lowest BCUT2D eigenvalue weighted by Crippen LogP contribution is -2.07. The third-order valence-electron chi connectivity index (χ3n) is 3.22. The highest BCUT2D eigenvalue weighted by atomic mass is 79.9. The normalized spacial score (nSPS) is 12.1. The minimum Gasteiger partial charge on any atom is -0.325 e. The number of rotatable bonds is 4. The molecular weight excluding hydrogens is 370 g/mol. The van der Waals surface area contributed by atoms with Crippen molar-refractivity contribution in [1.82, 2.24) is 29.1 Å². The van der Waals surface area contributed by atoms with Crippen LogP contribution in [0.2, 0.25) is 0 Å². The van der Waals surface area contributed by atoms with Crippen molar-refractivity contribution in [3.8, 4) is 0 Å². The van der Waals surface area contributed by atoms with Gasteiger partial charge in [0.1, 0.15) is 16.3 Å². The van der Waals surface area contributed by atoms with E-state index in [0.29, 0.717) is 21.9 Å². The number of imidazole rings is 1. The zero-order valence-electron chi connectivity index (χ0n) is 12.4. The number of hydrogen-bond acceptors (Lipinski definition) is 4. The van der Waals surface area contributed by atoms with Crippen molar-refractivity contribution >= 4 is 33.7 Å². The van der Waals surface area contributed by atoms with Crippen LogP contribution in [0.3, 0.4) is 0 Å². The summed E-state index contributed by atoms with van der Waals surface area (Å²) in [7, 11) is 0. The van der Waals surface area contributed by atoms with Gasteiger partial charge in [0, 0.05) is 18.0 Å². The van der Waals surface area contributed by atoms with Crippen LogP contribution < -0.4 is 0 Å². The number of halogens is 3. The van der Waals surface area contributed by atoms with Crippen LogP contribution >= 0.6 is 15.9 Å². The lowest BCUT2D eigenvalue weighted by atomic mass is 10.3.